The smallest absolute Gasteiger partial charge is 0.177 e. The minimum absolute atomic E-state index is 0.0775. The van der Waals surface area contributed by atoms with E-state index in [-0.39, 0.29) is 17.2 Å². The molecule has 1 unspecified atom stereocenters. The zero-order chi connectivity index (χ0) is 10.2. The molecule has 2 rings (SSSR count). The van der Waals surface area contributed by atoms with Crippen LogP contribution in [-0.2, 0) is 4.79 Å². The number of allylic oxidation sites excluding steroid dienone is 1. The lowest BCUT2D eigenvalue weighted by atomic mass is 9.79. The second-order valence-corrected chi connectivity index (χ2v) is 4.86. The van der Waals surface area contributed by atoms with E-state index in [1.807, 2.05) is 6.08 Å². The molecule has 1 aliphatic heterocycles. The number of hydrogen-bond acceptors (Lipinski definition) is 2. The topological polar surface area (TPSA) is 20.3 Å². The number of rotatable bonds is 1. The average molecular weight is 191 g/mol. The third-order valence-electron chi connectivity index (χ3n) is 3.00. The lowest BCUT2D eigenvalue weighted by molar-refractivity contribution is -0.120. The number of nitrogens with zero attached hydrogens (tertiary/aromatic N) is 1. The second-order valence-electron chi connectivity index (χ2n) is 4.86. The van der Waals surface area contributed by atoms with E-state index in [1.54, 1.807) is 6.08 Å². The third kappa shape index (κ3) is 1.74. The van der Waals surface area contributed by atoms with Gasteiger partial charge in [-0.3, -0.25) is 4.79 Å². The number of ketones is 1. The van der Waals surface area contributed by atoms with Crippen LogP contribution < -0.4 is 0 Å². The second kappa shape index (κ2) is 3.26. The molecule has 1 heterocycles. The summed E-state index contributed by atoms with van der Waals surface area (Å²) in [4.78, 5) is 13.9. The molecule has 1 atom stereocenters. The summed E-state index contributed by atoms with van der Waals surface area (Å²) in [5, 5.41) is 0. The molecule has 0 aromatic rings. The van der Waals surface area contributed by atoms with E-state index in [1.165, 1.54) is 0 Å². The minimum Gasteiger partial charge on any atom is -0.367 e. The molecule has 0 spiro atoms. The van der Waals surface area contributed by atoms with Crippen LogP contribution in [0.2, 0.25) is 0 Å². The van der Waals surface area contributed by atoms with Gasteiger partial charge in [0.15, 0.2) is 5.78 Å². The highest BCUT2D eigenvalue weighted by molar-refractivity contribution is 5.95. The molecule has 0 radical (unpaired) electrons. The summed E-state index contributed by atoms with van der Waals surface area (Å²) in [6, 6.07) is 0.0775. The Balaban J connectivity index is 2.16. The van der Waals surface area contributed by atoms with Gasteiger partial charge >= 0.3 is 0 Å². The van der Waals surface area contributed by atoms with Crippen LogP contribution >= 0.6 is 0 Å². The molecular weight excluding hydrogens is 174 g/mol. The molecule has 2 heteroatoms. The van der Waals surface area contributed by atoms with E-state index in [4.69, 9.17) is 0 Å². The molecule has 14 heavy (non-hydrogen) atoms. The third-order valence-corrected chi connectivity index (χ3v) is 3.00. The molecule has 76 valence electrons. The molecule has 0 aromatic heterocycles. The molecule has 2 nitrogen and oxygen atoms in total. The molecular formula is C12H17NO. The summed E-state index contributed by atoms with van der Waals surface area (Å²) >= 11 is 0. The van der Waals surface area contributed by atoms with E-state index >= 15 is 0 Å². The molecule has 2 aliphatic rings. The van der Waals surface area contributed by atoms with Crippen LogP contribution in [0.1, 0.15) is 26.7 Å². The van der Waals surface area contributed by atoms with E-state index < -0.39 is 0 Å². The van der Waals surface area contributed by atoms with Gasteiger partial charge in [0.25, 0.3) is 0 Å². The van der Waals surface area contributed by atoms with Crippen molar-refractivity contribution >= 4 is 5.78 Å². The van der Waals surface area contributed by atoms with Gasteiger partial charge < -0.3 is 4.90 Å². The summed E-state index contributed by atoms with van der Waals surface area (Å²) in [7, 11) is 0. The van der Waals surface area contributed by atoms with Crippen molar-refractivity contribution in [3.8, 4) is 0 Å². The minimum atomic E-state index is 0.0775. The van der Waals surface area contributed by atoms with Crippen LogP contribution in [0.15, 0.2) is 24.4 Å². The van der Waals surface area contributed by atoms with E-state index in [0.717, 1.165) is 19.4 Å². The zero-order valence-corrected chi connectivity index (χ0v) is 8.86. The fraction of sp³-hybridized carbons (Fsp3) is 0.583. The number of carbonyl (C=O) groups is 1. The van der Waals surface area contributed by atoms with Gasteiger partial charge in [-0.05, 0) is 30.5 Å². The Bertz CT molecular complexity index is 301. The largest absolute Gasteiger partial charge is 0.367 e. The Kier molecular flexibility index (Phi) is 2.22. The molecule has 0 bridgehead atoms. The highest BCUT2D eigenvalue weighted by Crippen LogP contribution is 2.31. The van der Waals surface area contributed by atoms with Crippen molar-refractivity contribution in [2.45, 2.75) is 32.7 Å². The van der Waals surface area contributed by atoms with Crippen LogP contribution in [0.5, 0.6) is 0 Å². The maximum Gasteiger partial charge on any atom is 0.177 e. The fourth-order valence-electron chi connectivity index (χ4n) is 2.13. The molecule has 0 aromatic carbocycles. The maximum absolute atomic E-state index is 11.7. The predicted molar refractivity (Wildman–Crippen MR) is 56.8 cm³/mol. The lowest BCUT2D eigenvalue weighted by Gasteiger charge is -2.35. The first-order chi connectivity index (χ1) is 6.58. The summed E-state index contributed by atoms with van der Waals surface area (Å²) in [5.74, 6) is 0.260. The molecule has 0 saturated heterocycles. The van der Waals surface area contributed by atoms with Gasteiger partial charge in [0.05, 0.1) is 6.04 Å². The van der Waals surface area contributed by atoms with Crippen molar-refractivity contribution in [3.63, 3.8) is 0 Å². The Morgan fingerprint density at radius 3 is 2.93 bits per heavy atom. The highest BCUT2D eigenvalue weighted by Gasteiger charge is 2.32. The molecule has 0 N–H and O–H groups in total. The summed E-state index contributed by atoms with van der Waals surface area (Å²) < 4.78 is 0. The molecule has 0 saturated carbocycles. The van der Waals surface area contributed by atoms with Gasteiger partial charge in [-0.1, -0.05) is 26.0 Å². The first-order valence-corrected chi connectivity index (χ1v) is 5.24. The quantitative estimate of drug-likeness (QED) is 0.633. The monoisotopic (exact) mass is 191 g/mol. The summed E-state index contributed by atoms with van der Waals surface area (Å²) in [6.07, 6.45) is 10.0. The SMILES string of the molecule is CC1(C)C=CC(=O)C(N2C=CCC2)C1. The van der Waals surface area contributed by atoms with Crippen molar-refractivity contribution in [3.05, 3.63) is 24.4 Å². The first kappa shape index (κ1) is 9.50. The van der Waals surface area contributed by atoms with E-state index in [0.29, 0.717) is 0 Å². The van der Waals surface area contributed by atoms with Crippen molar-refractivity contribution in [1.82, 2.24) is 4.90 Å². The van der Waals surface area contributed by atoms with Crippen LogP contribution in [-0.4, -0.2) is 23.3 Å². The molecule has 0 amide bonds. The van der Waals surface area contributed by atoms with Crippen molar-refractivity contribution < 1.29 is 4.79 Å². The van der Waals surface area contributed by atoms with E-state index in [2.05, 4.69) is 31.0 Å². The molecule has 1 aliphatic carbocycles. The number of hydrogen-bond donors (Lipinski definition) is 0. The predicted octanol–water partition coefficient (Wildman–Crippen LogP) is 2.13. The number of carbonyl (C=O) groups excluding carboxylic acids is 1. The Labute approximate surface area is 85.3 Å². The normalized spacial score (nSPS) is 30.0. The lowest BCUT2D eigenvalue weighted by Crippen LogP contribution is -2.41. The fourth-order valence-corrected chi connectivity index (χ4v) is 2.13. The van der Waals surface area contributed by atoms with Gasteiger partial charge in [-0.25, -0.2) is 0 Å². The summed E-state index contributed by atoms with van der Waals surface area (Å²) in [5.41, 5.74) is 0.162. The Hall–Kier alpha value is -1.05. The van der Waals surface area contributed by atoms with Gasteiger partial charge in [0, 0.05) is 6.54 Å². The zero-order valence-electron chi connectivity index (χ0n) is 8.86. The van der Waals surface area contributed by atoms with Crippen molar-refractivity contribution in [2.75, 3.05) is 6.54 Å². The van der Waals surface area contributed by atoms with Gasteiger partial charge in [-0.15, -0.1) is 0 Å². The van der Waals surface area contributed by atoms with E-state index in [9.17, 15) is 4.79 Å². The highest BCUT2D eigenvalue weighted by atomic mass is 16.1. The van der Waals surface area contributed by atoms with Crippen molar-refractivity contribution in [1.29, 1.82) is 0 Å². The first-order valence-electron chi connectivity index (χ1n) is 5.24. The average Bonchev–Trinajstić information content (AvgIpc) is 2.62. The Morgan fingerprint density at radius 1 is 1.50 bits per heavy atom. The standard InChI is InChI=1S/C12H17NO/c1-12(2)6-5-11(14)10(9-12)13-7-3-4-8-13/h3,5-7,10H,4,8-9H2,1-2H3. The van der Waals surface area contributed by atoms with Crippen LogP contribution in [0.25, 0.3) is 0 Å². The maximum atomic E-state index is 11.7. The van der Waals surface area contributed by atoms with Gasteiger partial charge in [-0.2, -0.15) is 0 Å². The van der Waals surface area contributed by atoms with Gasteiger partial charge in [0.1, 0.15) is 0 Å². The van der Waals surface area contributed by atoms with Crippen molar-refractivity contribution in [2.24, 2.45) is 5.41 Å². The van der Waals surface area contributed by atoms with Crippen LogP contribution in [0.4, 0.5) is 0 Å². The molecule has 0 fully saturated rings. The summed E-state index contributed by atoms with van der Waals surface area (Å²) in [6.45, 7) is 5.37. The van der Waals surface area contributed by atoms with Crippen LogP contribution in [0.3, 0.4) is 0 Å². The Morgan fingerprint density at radius 2 is 2.29 bits per heavy atom. The van der Waals surface area contributed by atoms with Crippen LogP contribution in [0, 0.1) is 5.41 Å². The van der Waals surface area contributed by atoms with Gasteiger partial charge in [0.2, 0.25) is 0 Å².